The number of aryl methyl sites for hydroxylation is 2. The Labute approximate surface area is 132 Å². The minimum Gasteiger partial charge on any atom is -0.340 e. The van der Waals surface area contributed by atoms with Crippen molar-refractivity contribution in [3.63, 3.8) is 0 Å². The number of aromatic nitrogens is 1. The van der Waals surface area contributed by atoms with Crippen LogP contribution in [0.25, 0.3) is 10.9 Å². The molecule has 0 saturated heterocycles. The van der Waals surface area contributed by atoms with Gasteiger partial charge in [0.05, 0.1) is 5.52 Å². The first-order chi connectivity index (χ1) is 10.5. The normalized spacial score (nSPS) is 10.9. The number of nitrogens with zero attached hydrogens (tertiary/aromatic N) is 1. The van der Waals surface area contributed by atoms with Gasteiger partial charge in [0.25, 0.3) is 5.91 Å². The van der Waals surface area contributed by atoms with Gasteiger partial charge in [-0.15, -0.1) is 0 Å². The van der Waals surface area contributed by atoms with Gasteiger partial charge in [-0.1, -0.05) is 17.7 Å². The molecule has 1 amide bonds. The predicted octanol–water partition coefficient (Wildman–Crippen LogP) is 4.53. The second-order valence-electron chi connectivity index (χ2n) is 5.21. The molecule has 22 heavy (non-hydrogen) atoms. The van der Waals surface area contributed by atoms with E-state index >= 15 is 0 Å². The van der Waals surface area contributed by atoms with E-state index in [1.165, 1.54) is 12.1 Å². The first kappa shape index (κ1) is 14.6. The molecule has 5 heteroatoms. The number of amides is 1. The molecule has 2 aromatic carbocycles. The number of hydrogen-bond donors (Lipinski definition) is 1. The van der Waals surface area contributed by atoms with Gasteiger partial charge < -0.3 is 9.88 Å². The smallest absolute Gasteiger partial charge is 0.272 e. The van der Waals surface area contributed by atoms with Gasteiger partial charge in [0.1, 0.15) is 11.5 Å². The van der Waals surface area contributed by atoms with Crippen molar-refractivity contribution in [3.05, 3.63) is 64.6 Å². The molecule has 0 aliphatic carbocycles. The largest absolute Gasteiger partial charge is 0.340 e. The molecule has 1 aromatic heterocycles. The third-order valence-electron chi connectivity index (χ3n) is 3.67. The van der Waals surface area contributed by atoms with Gasteiger partial charge >= 0.3 is 0 Å². The summed E-state index contributed by atoms with van der Waals surface area (Å²) < 4.78 is 15.0. The monoisotopic (exact) mass is 316 g/mol. The first-order valence-corrected chi connectivity index (χ1v) is 7.16. The van der Waals surface area contributed by atoms with E-state index in [2.05, 4.69) is 5.32 Å². The molecule has 0 unspecified atom stereocenters. The van der Waals surface area contributed by atoms with Crippen molar-refractivity contribution in [2.45, 2.75) is 6.92 Å². The molecular formula is C17H14ClFN2O. The Balaban J connectivity index is 1.95. The molecule has 0 aliphatic heterocycles. The van der Waals surface area contributed by atoms with Crippen molar-refractivity contribution in [3.8, 4) is 0 Å². The van der Waals surface area contributed by atoms with Gasteiger partial charge in [0.2, 0.25) is 0 Å². The highest BCUT2D eigenvalue weighted by atomic mass is 35.5. The summed E-state index contributed by atoms with van der Waals surface area (Å²) in [6.07, 6.45) is 0. The number of carbonyl (C=O) groups excluding carboxylic acids is 1. The van der Waals surface area contributed by atoms with Crippen LogP contribution in [0.1, 0.15) is 16.1 Å². The molecule has 3 aromatic rings. The van der Waals surface area contributed by atoms with Crippen molar-refractivity contribution >= 4 is 34.1 Å². The molecule has 0 aliphatic rings. The Morgan fingerprint density at radius 3 is 2.68 bits per heavy atom. The maximum absolute atomic E-state index is 13.3. The molecule has 1 N–H and O–H groups in total. The average Bonchev–Trinajstić information content (AvgIpc) is 2.80. The molecule has 1 heterocycles. The highest BCUT2D eigenvalue weighted by Gasteiger charge is 2.14. The number of benzene rings is 2. The lowest BCUT2D eigenvalue weighted by Gasteiger charge is -2.08. The van der Waals surface area contributed by atoms with Crippen LogP contribution in [0.5, 0.6) is 0 Å². The SMILES string of the molecule is Cc1ccc(NC(=O)c2cc3ccc(F)cc3n2C)cc1Cl. The van der Waals surface area contributed by atoms with Gasteiger partial charge in [0.15, 0.2) is 0 Å². The zero-order valence-corrected chi connectivity index (χ0v) is 12.9. The molecule has 0 bridgehead atoms. The number of carbonyl (C=O) groups is 1. The van der Waals surface area contributed by atoms with E-state index in [4.69, 9.17) is 11.6 Å². The zero-order chi connectivity index (χ0) is 15.9. The number of anilines is 1. The predicted molar refractivity (Wildman–Crippen MR) is 87.0 cm³/mol. The van der Waals surface area contributed by atoms with Crippen LogP contribution in [0.15, 0.2) is 42.5 Å². The summed E-state index contributed by atoms with van der Waals surface area (Å²) in [5.74, 6) is -0.593. The third kappa shape index (κ3) is 2.57. The molecule has 3 rings (SSSR count). The van der Waals surface area contributed by atoms with Crippen molar-refractivity contribution in [1.29, 1.82) is 0 Å². The van der Waals surface area contributed by atoms with Gasteiger partial charge in [-0.05, 0) is 48.9 Å². The Bertz CT molecular complexity index is 886. The topological polar surface area (TPSA) is 34.0 Å². The fourth-order valence-electron chi connectivity index (χ4n) is 2.39. The number of halogens is 2. The minimum absolute atomic E-state index is 0.265. The van der Waals surface area contributed by atoms with E-state index in [1.807, 2.05) is 13.0 Å². The Morgan fingerprint density at radius 2 is 1.95 bits per heavy atom. The molecule has 0 atom stereocenters. The Morgan fingerprint density at radius 1 is 1.18 bits per heavy atom. The Hall–Kier alpha value is -2.33. The van der Waals surface area contributed by atoms with Crippen LogP contribution in [0.3, 0.4) is 0 Å². The molecule has 0 fully saturated rings. The van der Waals surface area contributed by atoms with Crippen LogP contribution < -0.4 is 5.32 Å². The number of nitrogens with one attached hydrogen (secondary N) is 1. The fourth-order valence-corrected chi connectivity index (χ4v) is 2.57. The van der Waals surface area contributed by atoms with Gasteiger partial charge in [0, 0.05) is 23.1 Å². The van der Waals surface area contributed by atoms with Crippen LogP contribution in [0, 0.1) is 12.7 Å². The van der Waals surface area contributed by atoms with Crippen LogP contribution in [-0.2, 0) is 7.05 Å². The van der Waals surface area contributed by atoms with E-state index in [0.29, 0.717) is 21.9 Å². The van der Waals surface area contributed by atoms with Crippen LogP contribution in [0.2, 0.25) is 5.02 Å². The van der Waals surface area contributed by atoms with Crippen LogP contribution in [-0.4, -0.2) is 10.5 Å². The van der Waals surface area contributed by atoms with E-state index in [-0.39, 0.29) is 11.7 Å². The quantitative estimate of drug-likeness (QED) is 0.740. The summed E-state index contributed by atoms with van der Waals surface area (Å²) >= 11 is 6.06. The lowest BCUT2D eigenvalue weighted by Crippen LogP contribution is -2.15. The van der Waals surface area contributed by atoms with Crippen LogP contribution >= 0.6 is 11.6 Å². The van der Waals surface area contributed by atoms with E-state index in [1.54, 1.807) is 35.9 Å². The van der Waals surface area contributed by atoms with E-state index in [9.17, 15) is 9.18 Å². The standard InChI is InChI=1S/C17H14ClFN2O/c1-10-3-6-13(9-14(10)18)20-17(22)16-7-11-4-5-12(19)8-15(11)21(16)2/h3-9H,1-2H3,(H,20,22). The highest BCUT2D eigenvalue weighted by molar-refractivity contribution is 6.31. The second-order valence-corrected chi connectivity index (χ2v) is 5.62. The van der Waals surface area contributed by atoms with E-state index in [0.717, 1.165) is 10.9 Å². The molecule has 0 spiro atoms. The molecule has 0 radical (unpaired) electrons. The summed E-state index contributed by atoms with van der Waals surface area (Å²) in [5.41, 5.74) is 2.70. The maximum atomic E-state index is 13.3. The van der Waals surface area contributed by atoms with Crippen LogP contribution in [0.4, 0.5) is 10.1 Å². The summed E-state index contributed by atoms with van der Waals surface area (Å²) in [7, 11) is 1.73. The number of hydrogen-bond acceptors (Lipinski definition) is 1. The van der Waals surface area contributed by atoms with Crippen molar-refractivity contribution in [2.75, 3.05) is 5.32 Å². The zero-order valence-electron chi connectivity index (χ0n) is 12.2. The third-order valence-corrected chi connectivity index (χ3v) is 4.08. The molecule has 0 saturated carbocycles. The van der Waals surface area contributed by atoms with Crippen molar-refractivity contribution in [2.24, 2.45) is 7.05 Å². The average molecular weight is 317 g/mol. The highest BCUT2D eigenvalue weighted by Crippen LogP contribution is 2.23. The maximum Gasteiger partial charge on any atom is 0.272 e. The first-order valence-electron chi connectivity index (χ1n) is 6.78. The summed E-state index contributed by atoms with van der Waals surface area (Å²) in [4.78, 5) is 12.4. The van der Waals surface area contributed by atoms with E-state index < -0.39 is 0 Å². The van der Waals surface area contributed by atoms with Gasteiger partial charge in [-0.25, -0.2) is 4.39 Å². The molecule has 112 valence electrons. The van der Waals surface area contributed by atoms with Gasteiger partial charge in [-0.2, -0.15) is 0 Å². The fraction of sp³-hybridized carbons (Fsp3) is 0.118. The van der Waals surface area contributed by atoms with Gasteiger partial charge in [-0.3, -0.25) is 4.79 Å². The Kier molecular flexibility index (Phi) is 3.62. The summed E-state index contributed by atoms with van der Waals surface area (Å²) in [6.45, 7) is 1.90. The van der Waals surface area contributed by atoms with Crippen molar-refractivity contribution in [1.82, 2.24) is 4.57 Å². The lowest BCUT2D eigenvalue weighted by molar-refractivity contribution is 0.101. The van der Waals surface area contributed by atoms with Crippen molar-refractivity contribution < 1.29 is 9.18 Å². The lowest BCUT2D eigenvalue weighted by atomic mass is 10.2. The molecule has 3 nitrogen and oxygen atoms in total. The summed E-state index contributed by atoms with van der Waals surface area (Å²) in [5, 5.41) is 4.21. The second kappa shape index (κ2) is 5.46. The number of rotatable bonds is 2. The summed E-state index contributed by atoms with van der Waals surface area (Å²) in [6, 6.07) is 11.5. The minimum atomic E-state index is -0.328. The number of fused-ring (bicyclic) bond motifs is 1. The molecular weight excluding hydrogens is 303 g/mol.